The topological polar surface area (TPSA) is 72.3 Å². The van der Waals surface area contributed by atoms with E-state index in [0.29, 0.717) is 18.9 Å². The highest BCUT2D eigenvalue weighted by Gasteiger charge is 2.13. The first-order chi connectivity index (χ1) is 8.24. The Morgan fingerprint density at radius 3 is 2.88 bits per heavy atom. The van der Waals surface area contributed by atoms with Gasteiger partial charge in [0.15, 0.2) is 5.89 Å². The van der Waals surface area contributed by atoms with Gasteiger partial charge in [0, 0.05) is 24.9 Å². The lowest BCUT2D eigenvalue weighted by Gasteiger charge is -1.99. The van der Waals surface area contributed by atoms with Crippen molar-refractivity contribution in [2.45, 2.75) is 19.8 Å². The molecule has 0 saturated heterocycles. The number of aryl methyl sites for hydroxylation is 1. The van der Waals surface area contributed by atoms with Gasteiger partial charge in [-0.3, -0.25) is 0 Å². The van der Waals surface area contributed by atoms with E-state index in [1.165, 1.54) is 0 Å². The van der Waals surface area contributed by atoms with E-state index in [4.69, 9.17) is 10.2 Å². The molecule has 0 aliphatic carbocycles. The van der Waals surface area contributed by atoms with Crippen LogP contribution in [-0.2, 0) is 12.8 Å². The highest BCUT2D eigenvalue weighted by Crippen LogP contribution is 2.27. The molecule has 3 N–H and O–H groups in total. The highest BCUT2D eigenvalue weighted by atomic mass is 16.4. The summed E-state index contributed by atoms with van der Waals surface area (Å²) in [5, 5.41) is 9.47. The third-order valence-electron chi connectivity index (χ3n) is 2.54. The quantitative estimate of drug-likeness (QED) is 0.846. The summed E-state index contributed by atoms with van der Waals surface area (Å²) in [4.78, 5) is 4.42. The van der Waals surface area contributed by atoms with E-state index in [9.17, 15) is 5.11 Å². The van der Waals surface area contributed by atoms with E-state index in [0.717, 1.165) is 23.4 Å². The molecule has 1 heterocycles. The molecule has 1 aromatic heterocycles. The molecule has 17 heavy (non-hydrogen) atoms. The molecule has 0 unspecified atom stereocenters. The van der Waals surface area contributed by atoms with Crippen molar-refractivity contribution in [3.63, 3.8) is 0 Å². The number of hydrogen-bond donors (Lipinski definition) is 2. The fourth-order valence-electron chi connectivity index (χ4n) is 1.75. The van der Waals surface area contributed by atoms with Crippen molar-refractivity contribution in [3.05, 3.63) is 35.9 Å². The van der Waals surface area contributed by atoms with Crippen molar-refractivity contribution in [1.29, 1.82) is 0 Å². The standard InChI is InChI=1S/C13H16N2O2/c1-2-11-13(15-12(17-11)6-7-14)9-4-3-5-10(16)8-9/h3-5,8,16H,2,6-7,14H2,1H3. The summed E-state index contributed by atoms with van der Waals surface area (Å²) in [5.74, 6) is 1.72. The van der Waals surface area contributed by atoms with Crippen molar-refractivity contribution in [1.82, 2.24) is 4.98 Å². The number of phenolic OH excluding ortho intramolecular Hbond substituents is 1. The minimum absolute atomic E-state index is 0.230. The van der Waals surface area contributed by atoms with Gasteiger partial charge in [-0.15, -0.1) is 0 Å². The summed E-state index contributed by atoms with van der Waals surface area (Å²) in [6, 6.07) is 7.02. The summed E-state index contributed by atoms with van der Waals surface area (Å²) in [5.41, 5.74) is 7.15. The van der Waals surface area contributed by atoms with Gasteiger partial charge in [-0.1, -0.05) is 19.1 Å². The summed E-state index contributed by atoms with van der Waals surface area (Å²) in [6.45, 7) is 2.53. The van der Waals surface area contributed by atoms with Gasteiger partial charge in [-0.2, -0.15) is 0 Å². The SMILES string of the molecule is CCc1oc(CCN)nc1-c1cccc(O)c1. The van der Waals surface area contributed by atoms with Crippen molar-refractivity contribution >= 4 is 0 Å². The maximum atomic E-state index is 9.47. The van der Waals surface area contributed by atoms with E-state index in [1.807, 2.05) is 13.0 Å². The number of oxazole rings is 1. The number of nitrogens with two attached hydrogens (primary N) is 1. The van der Waals surface area contributed by atoms with E-state index < -0.39 is 0 Å². The van der Waals surface area contributed by atoms with Crippen molar-refractivity contribution in [2.24, 2.45) is 5.73 Å². The minimum atomic E-state index is 0.230. The average molecular weight is 232 g/mol. The van der Waals surface area contributed by atoms with Gasteiger partial charge in [-0.05, 0) is 12.1 Å². The minimum Gasteiger partial charge on any atom is -0.508 e. The molecule has 4 heteroatoms. The Bertz CT molecular complexity index is 506. The second-order valence-corrected chi connectivity index (χ2v) is 3.82. The van der Waals surface area contributed by atoms with Crippen LogP contribution < -0.4 is 5.73 Å². The van der Waals surface area contributed by atoms with Gasteiger partial charge < -0.3 is 15.3 Å². The first-order valence-electron chi connectivity index (χ1n) is 5.72. The molecule has 0 aliphatic heterocycles. The zero-order valence-corrected chi connectivity index (χ0v) is 9.81. The van der Waals surface area contributed by atoms with Crippen LogP contribution in [0.4, 0.5) is 0 Å². The molecule has 0 amide bonds. The van der Waals surface area contributed by atoms with E-state index >= 15 is 0 Å². The lowest BCUT2D eigenvalue weighted by Crippen LogP contribution is -2.02. The first-order valence-corrected chi connectivity index (χ1v) is 5.72. The lowest BCUT2D eigenvalue weighted by atomic mass is 10.1. The molecule has 0 bridgehead atoms. The number of aromatic hydroxyl groups is 1. The van der Waals surface area contributed by atoms with Gasteiger partial charge in [0.25, 0.3) is 0 Å². The van der Waals surface area contributed by atoms with Crippen LogP contribution in [0.15, 0.2) is 28.7 Å². The normalized spacial score (nSPS) is 10.7. The lowest BCUT2D eigenvalue weighted by molar-refractivity contribution is 0.460. The summed E-state index contributed by atoms with van der Waals surface area (Å²) < 4.78 is 5.63. The number of rotatable bonds is 4. The molecule has 0 atom stereocenters. The Morgan fingerprint density at radius 1 is 1.41 bits per heavy atom. The molecule has 90 valence electrons. The predicted octanol–water partition coefficient (Wildman–Crippen LogP) is 2.11. The van der Waals surface area contributed by atoms with Crippen LogP contribution in [0, 0.1) is 0 Å². The second-order valence-electron chi connectivity index (χ2n) is 3.82. The molecule has 0 spiro atoms. The van der Waals surface area contributed by atoms with Crippen LogP contribution in [-0.4, -0.2) is 16.6 Å². The zero-order valence-electron chi connectivity index (χ0n) is 9.81. The molecule has 0 fully saturated rings. The van der Waals surface area contributed by atoms with Crippen LogP contribution >= 0.6 is 0 Å². The Morgan fingerprint density at radius 2 is 2.24 bits per heavy atom. The van der Waals surface area contributed by atoms with Gasteiger partial charge in [0.1, 0.15) is 17.2 Å². The Hall–Kier alpha value is -1.81. The third-order valence-corrected chi connectivity index (χ3v) is 2.54. The number of benzene rings is 1. The number of phenols is 1. The fourth-order valence-corrected chi connectivity index (χ4v) is 1.75. The zero-order chi connectivity index (χ0) is 12.3. The molecule has 0 saturated carbocycles. The smallest absolute Gasteiger partial charge is 0.196 e. The number of aromatic nitrogens is 1. The van der Waals surface area contributed by atoms with Gasteiger partial charge in [0.2, 0.25) is 0 Å². The fraction of sp³-hybridized carbons (Fsp3) is 0.308. The van der Waals surface area contributed by atoms with Crippen LogP contribution in [0.25, 0.3) is 11.3 Å². The maximum Gasteiger partial charge on any atom is 0.196 e. The van der Waals surface area contributed by atoms with Crippen molar-refractivity contribution in [3.8, 4) is 17.0 Å². The van der Waals surface area contributed by atoms with Crippen LogP contribution in [0.3, 0.4) is 0 Å². The van der Waals surface area contributed by atoms with E-state index in [2.05, 4.69) is 4.98 Å². The number of nitrogens with zero attached hydrogens (tertiary/aromatic N) is 1. The highest BCUT2D eigenvalue weighted by molar-refractivity contribution is 5.63. The van der Waals surface area contributed by atoms with Gasteiger partial charge >= 0.3 is 0 Å². The monoisotopic (exact) mass is 232 g/mol. The third kappa shape index (κ3) is 2.47. The molecule has 0 radical (unpaired) electrons. The molecule has 2 rings (SSSR count). The Balaban J connectivity index is 2.43. The second kappa shape index (κ2) is 5.01. The molecular weight excluding hydrogens is 216 g/mol. The molecular formula is C13H16N2O2. The van der Waals surface area contributed by atoms with Gasteiger partial charge in [0.05, 0.1) is 0 Å². The van der Waals surface area contributed by atoms with Gasteiger partial charge in [-0.25, -0.2) is 4.98 Å². The molecule has 4 nitrogen and oxygen atoms in total. The summed E-state index contributed by atoms with van der Waals surface area (Å²) >= 11 is 0. The van der Waals surface area contributed by atoms with Crippen LogP contribution in [0.2, 0.25) is 0 Å². The van der Waals surface area contributed by atoms with Crippen LogP contribution in [0.1, 0.15) is 18.6 Å². The number of hydrogen-bond acceptors (Lipinski definition) is 4. The largest absolute Gasteiger partial charge is 0.508 e. The van der Waals surface area contributed by atoms with E-state index in [1.54, 1.807) is 18.2 Å². The van der Waals surface area contributed by atoms with Crippen molar-refractivity contribution < 1.29 is 9.52 Å². The molecule has 1 aromatic carbocycles. The molecule has 0 aliphatic rings. The Labute approximate surface area is 100 Å². The molecule has 2 aromatic rings. The summed E-state index contributed by atoms with van der Waals surface area (Å²) in [6.07, 6.45) is 1.40. The first kappa shape index (κ1) is 11.7. The maximum absolute atomic E-state index is 9.47. The van der Waals surface area contributed by atoms with E-state index in [-0.39, 0.29) is 5.75 Å². The summed E-state index contributed by atoms with van der Waals surface area (Å²) in [7, 11) is 0. The van der Waals surface area contributed by atoms with Crippen molar-refractivity contribution in [2.75, 3.05) is 6.54 Å². The van der Waals surface area contributed by atoms with Crippen LogP contribution in [0.5, 0.6) is 5.75 Å². The Kier molecular flexibility index (Phi) is 3.44. The average Bonchev–Trinajstić information content (AvgIpc) is 2.73. The predicted molar refractivity (Wildman–Crippen MR) is 65.7 cm³/mol.